The van der Waals surface area contributed by atoms with E-state index in [0.29, 0.717) is 6.61 Å². The van der Waals surface area contributed by atoms with Gasteiger partial charge >= 0.3 is 6.18 Å². The van der Waals surface area contributed by atoms with Gasteiger partial charge in [0.2, 0.25) is 0 Å². The van der Waals surface area contributed by atoms with E-state index in [1.807, 2.05) is 0 Å². The zero-order valence-electron chi connectivity index (χ0n) is 7.86. The Balaban J connectivity index is 3.00. The molecule has 0 spiro atoms. The first-order chi connectivity index (χ1) is 6.06. The molecule has 1 nitrogen and oxygen atoms in total. The summed E-state index contributed by atoms with van der Waals surface area (Å²) in [5.41, 5.74) is 0. The largest absolute Gasteiger partial charge is 0.394 e. The van der Waals surface area contributed by atoms with Gasteiger partial charge in [-0.05, 0) is 6.42 Å². The Labute approximate surface area is 77.3 Å². The summed E-state index contributed by atoms with van der Waals surface area (Å²) in [5.74, 6) is 0. The zero-order chi connectivity index (χ0) is 10.2. The molecule has 4 heteroatoms. The van der Waals surface area contributed by atoms with Crippen LogP contribution in [0.1, 0.15) is 32.6 Å². The summed E-state index contributed by atoms with van der Waals surface area (Å²) in [6, 6.07) is 0. The molecular formula is C9H16F3O. The number of hydrogen-bond acceptors (Lipinski definition) is 1. The molecule has 0 fully saturated rings. The summed E-state index contributed by atoms with van der Waals surface area (Å²) in [6.45, 7) is 2.18. The predicted molar refractivity (Wildman–Crippen MR) is 45.3 cm³/mol. The van der Waals surface area contributed by atoms with Crippen molar-refractivity contribution in [2.24, 2.45) is 0 Å². The van der Waals surface area contributed by atoms with E-state index in [9.17, 15) is 13.2 Å². The van der Waals surface area contributed by atoms with Gasteiger partial charge in [-0.3, -0.25) is 0 Å². The third-order valence-corrected chi connectivity index (χ3v) is 1.57. The standard InChI is InChI=1S/C9H16F3O/c1-2-3-4-5-7-13-8-6-9(10,11)12/h6H,2-5,7-8H2,1H3. The topological polar surface area (TPSA) is 9.23 Å². The lowest BCUT2D eigenvalue weighted by Crippen LogP contribution is -2.13. The van der Waals surface area contributed by atoms with E-state index >= 15 is 0 Å². The average Bonchev–Trinajstić information content (AvgIpc) is 2.01. The van der Waals surface area contributed by atoms with Crippen molar-refractivity contribution in [2.45, 2.75) is 38.8 Å². The van der Waals surface area contributed by atoms with E-state index < -0.39 is 6.18 Å². The van der Waals surface area contributed by atoms with Crippen LogP contribution in [0.3, 0.4) is 0 Å². The van der Waals surface area contributed by atoms with Gasteiger partial charge in [-0.15, -0.1) is 0 Å². The molecule has 0 saturated heterocycles. The first kappa shape index (κ1) is 12.8. The van der Waals surface area contributed by atoms with Crippen molar-refractivity contribution in [2.75, 3.05) is 13.2 Å². The second-order valence-corrected chi connectivity index (χ2v) is 2.88. The van der Waals surface area contributed by atoms with Crippen molar-refractivity contribution in [3.63, 3.8) is 0 Å². The van der Waals surface area contributed by atoms with E-state index in [1.54, 1.807) is 0 Å². The molecular weight excluding hydrogens is 181 g/mol. The minimum atomic E-state index is -4.20. The summed E-state index contributed by atoms with van der Waals surface area (Å²) in [4.78, 5) is 0. The van der Waals surface area contributed by atoms with Gasteiger partial charge in [0, 0.05) is 6.61 Å². The normalized spacial score (nSPS) is 12.0. The van der Waals surface area contributed by atoms with Crippen LogP contribution < -0.4 is 0 Å². The quantitative estimate of drug-likeness (QED) is 0.569. The van der Waals surface area contributed by atoms with Crippen LogP contribution in [0.25, 0.3) is 0 Å². The fourth-order valence-electron chi connectivity index (χ4n) is 0.868. The summed E-state index contributed by atoms with van der Waals surface area (Å²) >= 11 is 0. The summed E-state index contributed by atoms with van der Waals surface area (Å²) in [7, 11) is 0. The van der Waals surface area contributed by atoms with E-state index in [4.69, 9.17) is 4.74 Å². The zero-order valence-corrected chi connectivity index (χ0v) is 7.86. The highest BCUT2D eigenvalue weighted by Crippen LogP contribution is 2.17. The van der Waals surface area contributed by atoms with Crippen LogP contribution >= 0.6 is 0 Å². The van der Waals surface area contributed by atoms with E-state index in [1.165, 1.54) is 0 Å². The van der Waals surface area contributed by atoms with Crippen molar-refractivity contribution in [3.8, 4) is 0 Å². The Morgan fingerprint density at radius 2 is 1.85 bits per heavy atom. The third kappa shape index (κ3) is 11.8. The Morgan fingerprint density at radius 3 is 2.38 bits per heavy atom. The molecule has 0 saturated carbocycles. The minimum Gasteiger partial charge on any atom is -0.381 e. The van der Waals surface area contributed by atoms with Crippen LogP contribution in [0, 0.1) is 6.42 Å². The highest BCUT2D eigenvalue weighted by molar-refractivity contribution is 4.72. The molecule has 0 aromatic heterocycles. The molecule has 0 aliphatic heterocycles. The number of unbranched alkanes of at least 4 members (excludes halogenated alkanes) is 3. The molecule has 0 aromatic carbocycles. The van der Waals surface area contributed by atoms with Gasteiger partial charge in [-0.1, -0.05) is 26.2 Å². The van der Waals surface area contributed by atoms with Crippen LogP contribution in [0.4, 0.5) is 13.2 Å². The molecule has 0 rings (SSSR count). The first-order valence-corrected chi connectivity index (χ1v) is 4.55. The highest BCUT2D eigenvalue weighted by atomic mass is 19.4. The Morgan fingerprint density at radius 1 is 1.15 bits per heavy atom. The molecule has 79 valence electrons. The van der Waals surface area contributed by atoms with Crippen LogP contribution in [0.15, 0.2) is 0 Å². The molecule has 0 aliphatic rings. The van der Waals surface area contributed by atoms with E-state index in [0.717, 1.165) is 25.7 Å². The van der Waals surface area contributed by atoms with Crippen LogP contribution in [-0.2, 0) is 4.74 Å². The van der Waals surface area contributed by atoms with Crippen molar-refractivity contribution < 1.29 is 17.9 Å². The molecule has 1 radical (unpaired) electrons. The summed E-state index contributed by atoms with van der Waals surface area (Å²) < 4.78 is 39.4. The number of halogens is 3. The number of rotatable bonds is 7. The van der Waals surface area contributed by atoms with Crippen molar-refractivity contribution in [1.82, 2.24) is 0 Å². The fraction of sp³-hybridized carbons (Fsp3) is 0.889. The van der Waals surface area contributed by atoms with E-state index in [-0.39, 0.29) is 13.0 Å². The van der Waals surface area contributed by atoms with Gasteiger partial charge in [-0.25, -0.2) is 0 Å². The maximum atomic E-state index is 11.6. The smallest absolute Gasteiger partial charge is 0.381 e. The molecule has 0 amide bonds. The minimum absolute atomic E-state index is 0.229. The summed E-state index contributed by atoms with van der Waals surface area (Å²) in [6.07, 6.45) is 0.138. The molecule has 0 N–H and O–H groups in total. The van der Waals surface area contributed by atoms with Gasteiger partial charge in [-0.2, -0.15) is 13.2 Å². The lowest BCUT2D eigenvalue weighted by molar-refractivity contribution is -0.105. The van der Waals surface area contributed by atoms with E-state index in [2.05, 4.69) is 6.92 Å². The third-order valence-electron chi connectivity index (χ3n) is 1.57. The van der Waals surface area contributed by atoms with Crippen molar-refractivity contribution in [1.29, 1.82) is 0 Å². The molecule has 0 aliphatic carbocycles. The number of hydrogen-bond donors (Lipinski definition) is 0. The average molecular weight is 197 g/mol. The van der Waals surface area contributed by atoms with Gasteiger partial charge in [0.25, 0.3) is 0 Å². The Bertz CT molecular complexity index is 112. The monoisotopic (exact) mass is 197 g/mol. The Hall–Kier alpha value is -0.250. The Kier molecular flexibility index (Phi) is 7.04. The molecule has 0 heterocycles. The van der Waals surface area contributed by atoms with Gasteiger partial charge in [0.05, 0.1) is 13.0 Å². The lowest BCUT2D eigenvalue weighted by atomic mass is 10.2. The molecule has 0 aromatic rings. The highest BCUT2D eigenvalue weighted by Gasteiger charge is 2.26. The van der Waals surface area contributed by atoms with Crippen molar-refractivity contribution in [3.05, 3.63) is 6.42 Å². The first-order valence-electron chi connectivity index (χ1n) is 4.55. The number of alkyl halides is 3. The van der Waals surface area contributed by atoms with Crippen LogP contribution in [0.2, 0.25) is 0 Å². The molecule has 0 bridgehead atoms. The maximum Gasteiger partial charge on any atom is 0.394 e. The SMILES string of the molecule is CCCCCCOC[CH]C(F)(F)F. The lowest BCUT2D eigenvalue weighted by Gasteiger charge is -2.06. The maximum absolute atomic E-state index is 11.6. The van der Waals surface area contributed by atoms with Gasteiger partial charge in [0.15, 0.2) is 0 Å². The molecule has 0 atom stereocenters. The second-order valence-electron chi connectivity index (χ2n) is 2.88. The fourth-order valence-corrected chi connectivity index (χ4v) is 0.868. The van der Waals surface area contributed by atoms with Gasteiger partial charge < -0.3 is 4.74 Å². The van der Waals surface area contributed by atoms with Crippen LogP contribution in [0.5, 0.6) is 0 Å². The predicted octanol–water partition coefficient (Wildman–Crippen LogP) is 3.35. The molecule has 0 unspecified atom stereocenters. The van der Waals surface area contributed by atoms with Gasteiger partial charge in [0.1, 0.15) is 0 Å². The molecule has 13 heavy (non-hydrogen) atoms. The van der Waals surface area contributed by atoms with Crippen molar-refractivity contribution >= 4 is 0 Å². The van der Waals surface area contributed by atoms with Crippen LogP contribution in [-0.4, -0.2) is 19.4 Å². The second kappa shape index (κ2) is 7.18. The summed E-state index contributed by atoms with van der Waals surface area (Å²) in [5, 5.41) is 0. The number of ether oxygens (including phenoxy) is 1.